The summed E-state index contributed by atoms with van der Waals surface area (Å²) in [6, 6.07) is 0. The van der Waals surface area contributed by atoms with Gasteiger partial charge >= 0.3 is 0 Å². The molecule has 0 saturated heterocycles. The minimum Gasteiger partial charge on any atom is 0 e. The quantitative estimate of drug-likeness (QED) is 0.493. The Balaban J connectivity index is 0. The summed E-state index contributed by atoms with van der Waals surface area (Å²) < 4.78 is 0. The van der Waals surface area contributed by atoms with Crippen molar-refractivity contribution in [3.05, 3.63) is 0 Å². The van der Waals surface area contributed by atoms with Crippen LogP contribution in [0.1, 0.15) is 0 Å². The van der Waals surface area contributed by atoms with Gasteiger partial charge in [-0.2, -0.15) is 0 Å². The van der Waals surface area contributed by atoms with Crippen LogP contribution >= 0.6 is 0 Å². The van der Waals surface area contributed by atoms with Gasteiger partial charge in [0.25, 0.3) is 0 Å². The van der Waals surface area contributed by atoms with E-state index in [1.165, 1.54) is 0 Å². The van der Waals surface area contributed by atoms with Gasteiger partial charge < -0.3 is 0 Å². The van der Waals surface area contributed by atoms with Crippen LogP contribution in [-0.2, 0) is 60.1 Å². The Morgan fingerprint density at radius 1 is 1.00 bits per heavy atom. The molecule has 0 aromatic heterocycles. The molecule has 4 heteroatoms. The predicted molar refractivity (Wildman–Crippen MR) is 2.13 cm³/mol. The number of hydrogen-bond acceptors (Lipinski definition) is 0. The van der Waals surface area contributed by atoms with Crippen LogP contribution in [0.15, 0.2) is 0 Å². The third-order valence-corrected chi connectivity index (χ3v) is 0. The first-order chi connectivity index (χ1) is 0. The standard InChI is InChI=1S/Co.Fe.N.Zr. The number of hydrogen-bond donors (Lipinski definition) is 0. The molecule has 0 unspecified atom stereocenters. The molecule has 0 aliphatic carbocycles. The average Bonchev–Trinajstić information content (AvgIpc) is 0. The van der Waals surface area contributed by atoms with Crippen molar-refractivity contribution in [1.29, 1.82) is 0 Å². The maximum Gasteiger partial charge on any atom is 0 e. The summed E-state index contributed by atoms with van der Waals surface area (Å²) in [6.45, 7) is 0. The minimum atomic E-state index is 0. The van der Waals surface area contributed by atoms with Gasteiger partial charge in [0.2, 0.25) is 0 Å². The second-order valence-electron chi connectivity index (χ2n) is 0. The van der Waals surface area contributed by atoms with Gasteiger partial charge in [-0.15, -0.1) is 0 Å². The van der Waals surface area contributed by atoms with Gasteiger partial charge in [-0.1, -0.05) is 0 Å². The SMILES string of the molecule is [Co].[Fe].[N].[Zr]. The zero-order valence-electron chi connectivity index (χ0n) is 1.63. The first-order valence-electron chi connectivity index (χ1n) is 0. The molecular formula is CoFeNZr. The normalized spacial score (nSPS) is 0. The van der Waals surface area contributed by atoms with Crippen molar-refractivity contribution in [3.8, 4) is 0 Å². The molecule has 26 valence electrons. The van der Waals surface area contributed by atoms with E-state index in [4.69, 9.17) is 0 Å². The molecule has 0 N–H and O–H groups in total. The first kappa shape index (κ1) is 39.8. The Hall–Kier alpha value is 1.87. The summed E-state index contributed by atoms with van der Waals surface area (Å²) in [7, 11) is 0. The summed E-state index contributed by atoms with van der Waals surface area (Å²) in [4.78, 5) is 0. The zero-order chi connectivity index (χ0) is 0. The van der Waals surface area contributed by atoms with E-state index in [0.29, 0.717) is 0 Å². The van der Waals surface area contributed by atoms with E-state index >= 15 is 0 Å². The molecule has 0 fully saturated rings. The molecule has 1 nitrogen and oxygen atoms in total. The molecule has 0 aliphatic heterocycles. The van der Waals surface area contributed by atoms with E-state index in [2.05, 4.69) is 0 Å². The van der Waals surface area contributed by atoms with Crippen LogP contribution in [0.3, 0.4) is 0 Å². The van der Waals surface area contributed by atoms with Crippen LogP contribution in [0.4, 0.5) is 0 Å². The van der Waals surface area contributed by atoms with Gasteiger partial charge in [-0.05, 0) is 0 Å². The number of rotatable bonds is 0. The molecule has 0 spiro atoms. The second-order valence-corrected chi connectivity index (χ2v) is 0. The molecule has 4 radical (unpaired) electrons. The van der Waals surface area contributed by atoms with Gasteiger partial charge in [0.05, 0.1) is 0 Å². The van der Waals surface area contributed by atoms with Crippen molar-refractivity contribution >= 4 is 0 Å². The molecule has 0 heterocycles. The summed E-state index contributed by atoms with van der Waals surface area (Å²) >= 11 is 0. The monoisotopic (exact) mass is 219 g/mol. The van der Waals surface area contributed by atoms with E-state index in [-0.39, 0.29) is 66.2 Å². The third kappa shape index (κ3) is 9.12. The van der Waals surface area contributed by atoms with Gasteiger partial charge in [0, 0.05) is 66.2 Å². The van der Waals surface area contributed by atoms with E-state index in [0.717, 1.165) is 0 Å². The molecule has 0 rings (SSSR count). The fourth-order valence-electron chi connectivity index (χ4n) is 0. The van der Waals surface area contributed by atoms with Crippen LogP contribution in [-0.4, -0.2) is 0 Å². The molecule has 0 aromatic rings. The average molecular weight is 220 g/mol. The fourth-order valence-corrected chi connectivity index (χ4v) is 0. The first-order valence-corrected chi connectivity index (χ1v) is 0. The summed E-state index contributed by atoms with van der Waals surface area (Å²) in [5.74, 6) is 0. The molecule has 0 saturated carbocycles. The maximum atomic E-state index is 0. The van der Waals surface area contributed by atoms with Gasteiger partial charge in [0.15, 0.2) is 0 Å². The molecule has 0 atom stereocenters. The number of nitrogens with zero attached hydrogens (tertiary/aromatic N) is 1. The van der Waals surface area contributed by atoms with Crippen LogP contribution < -0.4 is 6.15 Å². The van der Waals surface area contributed by atoms with E-state index < -0.39 is 0 Å². The molecule has 0 aromatic carbocycles. The van der Waals surface area contributed by atoms with Crippen molar-refractivity contribution in [2.75, 3.05) is 0 Å². The van der Waals surface area contributed by atoms with Crippen LogP contribution in [0.5, 0.6) is 0 Å². The Morgan fingerprint density at radius 2 is 1.00 bits per heavy atom. The Kier molecular flexibility index (Phi) is 208. The minimum absolute atomic E-state index is 0. The zero-order valence-corrected chi connectivity index (χ0v) is 6.24. The van der Waals surface area contributed by atoms with Crippen molar-refractivity contribution in [1.82, 2.24) is 6.15 Å². The van der Waals surface area contributed by atoms with Gasteiger partial charge in [-0.3, -0.25) is 0 Å². The fraction of sp³-hybridized carbons (Fsp3) is 0. The van der Waals surface area contributed by atoms with Crippen molar-refractivity contribution in [2.24, 2.45) is 0 Å². The molecular weight excluding hydrogens is 220 g/mol. The Bertz CT molecular complexity index is 8.00. The smallest absolute Gasteiger partial charge is 0 e. The van der Waals surface area contributed by atoms with E-state index in [1.807, 2.05) is 0 Å². The maximum absolute atomic E-state index is 0. The van der Waals surface area contributed by atoms with Gasteiger partial charge in [-0.25, -0.2) is 0 Å². The van der Waals surface area contributed by atoms with Crippen molar-refractivity contribution < 1.29 is 60.1 Å². The van der Waals surface area contributed by atoms with E-state index in [9.17, 15) is 0 Å². The summed E-state index contributed by atoms with van der Waals surface area (Å²) in [5.41, 5.74) is 0. The summed E-state index contributed by atoms with van der Waals surface area (Å²) in [5, 5.41) is 0. The Morgan fingerprint density at radius 3 is 1.00 bits per heavy atom. The van der Waals surface area contributed by atoms with Crippen molar-refractivity contribution in [3.63, 3.8) is 0 Å². The molecule has 4 heavy (non-hydrogen) atoms. The third-order valence-electron chi connectivity index (χ3n) is 0. The van der Waals surface area contributed by atoms with Crippen LogP contribution in [0, 0.1) is 0 Å². The molecule has 0 aliphatic rings. The predicted octanol–water partition coefficient (Wildman–Crippen LogP) is -0.488. The van der Waals surface area contributed by atoms with Crippen LogP contribution in [0.2, 0.25) is 0 Å². The largest absolute Gasteiger partial charge is 0 e. The summed E-state index contributed by atoms with van der Waals surface area (Å²) in [6.07, 6.45) is 0. The Labute approximate surface area is 65.7 Å². The topological polar surface area (TPSA) is 30.5 Å². The van der Waals surface area contributed by atoms with Crippen molar-refractivity contribution in [2.45, 2.75) is 0 Å². The van der Waals surface area contributed by atoms with E-state index in [1.54, 1.807) is 0 Å². The molecule has 0 amide bonds. The van der Waals surface area contributed by atoms with Crippen LogP contribution in [0.25, 0.3) is 0 Å². The van der Waals surface area contributed by atoms with Gasteiger partial charge in [0.1, 0.15) is 0 Å². The molecule has 0 bridgehead atoms. The second kappa shape index (κ2) is 20.9.